The Labute approximate surface area is 186 Å². The summed E-state index contributed by atoms with van der Waals surface area (Å²) < 4.78 is 0. The Bertz CT molecular complexity index is 992. The molecule has 0 fully saturated rings. The van der Waals surface area contributed by atoms with Crippen molar-refractivity contribution in [1.29, 1.82) is 0 Å². The number of rotatable bonds is 8. The zero-order chi connectivity index (χ0) is 20.6. The maximum Gasteiger partial charge on any atom is 0.190 e. The molecule has 0 amide bonds. The molecule has 0 bridgehead atoms. The molecule has 154 valence electrons. The molecule has 3 aromatic rings. The fourth-order valence-corrected chi connectivity index (χ4v) is 3.27. The van der Waals surface area contributed by atoms with Crippen LogP contribution in [-0.2, 0) is 11.3 Å². The van der Waals surface area contributed by atoms with Crippen molar-refractivity contribution in [3.05, 3.63) is 119 Å². The van der Waals surface area contributed by atoms with Crippen LogP contribution < -0.4 is 0 Å². The van der Waals surface area contributed by atoms with Crippen LogP contribution in [0.2, 0.25) is 0 Å². The summed E-state index contributed by atoms with van der Waals surface area (Å²) in [5.41, 5.74) is 5.59. The smallest absolute Gasteiger partial charge is 0.190 e. The second-order valence-electron chi connectivity index (χ2n) is 7.43. The van der Waals surface area contributed by atoms with E-state index in [0.29, 0.717) is 17.7 Å². The van der Waals surface area contributed by atoms with Crippen LogP contribution in [0.25, 0.3) is 11.6 Å². The third-order valence-corrected chi connectivity index (χ3v) is 4.79. The third kappa shape index (κ3) is 6.55. The summed E-state index contributed by atoms with van der Waals surface area (Å²) >= 11 is 0. The molecule has 0 saturated carbocycles. The first-order valence-electron chi connectivity index (χ1n) is 9.81. The van der Waals surface area contributed by atoms with Gasteiger partial charge in [0.25, 0.3) is 0 Å². The van der Waals surface area contributed by atoms with Gasteiger partial charge in [0.2, 0.25) is 0 Å². The fourth-order valence-electron chi connectivity index (χ4n) is 3.27. The maximum atomic E-state index is 13.3. The lowest BCUT2D eigenvalue weighted by atomic mass is 9.95. The molecular formula is C27H28ClNO. The van der Waals surface area contributed by atoms with Crippen molar-refractivity contribution in [3.63, 3.8) is 0 Å². The lowest BCUT2D eigenvalue weighted by molar-refractivity contribution is -0.110. The summed E-state index contributed by atoms with van der Waals surface area (Å²) in [4.78, 5) is 15.4. The molecule has 0 spiro atoms. The summed E-state index contributed by atoms with van der Waals surface area (Å²) in [5.74, 6) is -0.0170. The van der Waals surface area contributed by atoms with E-state index >= 15 is 0 Å². The van der Waals surface area contributed by atoms with Crippen LogP contribution in [0.15, 0.2) is 97.1 Å². The average molecular weight is 418 g/mol. The largest absolute Gasteiger partial charge is 0.298 e. The molecule has 0 aliphatic rings. The topological polar surface area (TPSA) is 20.3 Å². The number of carbonyl (C=O) groups excluding carboxylic acids is 1. The monoisotopic (exact) mass is 417 g/mol. The second-order valence-corrected chi connectivity index (χ2v) is 7.43. The third-order valence-electron chi connectivity index (χ3n) is 4.79. The van der Waals surface area contributed by atoms with Gasteiger partial charge in [-0.05, 0) is 36.7 Å². The highest BCUT2D eigenvalue weighted by Gasteiger charge is 2.17. The number of hydrogen-bond donors (Lipinski definition) is 0. The van der Waals surface area contributed by atoms with Gasteiger partial charge < -0.3 is 0 Å². The molecule has 30 heavy (non-hydrogen) atoms. The SMILES string of the molecule is C=C(CN(C)Cc1ccccc1)C(=O)/C(=C/c1ccc(C)cc1)c1ccccc1.Cl. The summed E-state index contributed by atoms with van der Waals surface area (Å²) in [5, 5.41) is 0. The standard InChI is InChI=1S/C27H27NO.ClH/c1-21-14-16-23(17-15-21)18-26(25-12-8-5-9-13-25)27(29)22(2)19-28(3)20-24-10-6-4-7-11-24;/h4-18H,2,19-20H2,1,3H3;1H/b26-18+;. The molecule has 0 aromatic heterocycles. The van der Waals surface area contributed by atoms with E-state index in [9.17, 15) is 4.79 Å². The van der Waals surface area contributed by atoms with Gasteiger partial charge in [0.05, 0.1) is 0 Å². The zero-order valence-corrected chi connectivity index (χ0v) is 18.4. The van der Waals surface area contributed by atoms with E-state index in [2.05, 4.69) is 42.7 Å². The summed E-state index contributed by atoms with van der Waals surface area (Å²) in [6.07, 6.45) is 1.96. The molecule has 3 rings (SSSR count). The number of hydrogen-bond acceptors (Lipinski definition) is 2. The van der Waals surface area contributed by atoms with Gasteiger partial charge in [-0.2, -0.15) is 0 Å². The Balaban J connectivity index is 0.00000320. The van der Waals surface area contributed by atoms with Gasteiger partial charge in [0.15, 0.2) is 5.78 Å². The minimum absolute atomic E-state index is 0. The highest BCUT2D eigenvalue weighted by atomic mass is 35.5. The number of ketones is 1. The van der Waals surface area contributed by atoms with Crippen LogP contribution in [0.4, 0.5) is 0 Å². The van der Waals surface area contributed by atoms with E-state index in [1.807, 2.05) is 73.8 Å². The van der Waals surface area contributed by atoms with E-state index in [1.54, 1.807) is 0 Å². The number of carbonyl (C=O) groups is 1. The van der Waals surface area contributed by atoms with Gasteiger partial charge in [-0.25, -0.2) is 0 Å². The number of Topliss-reactive ketones (excluding diaryl/α,β-unsaturated/α-hetero) is 1. The van der Waals surface area contributed by atoms with Crippen molar-refractivity contribution in [1.82, 2.24) is 4.90 Å². The Hall–Kier alpha value is -2.94. The second kappa shape index (κ2) is 11.3. The maximum absolute atomic E-state index is 13.3. The van der Waals surface area contributed by atoms with Crippen molar-refractivity contribution in [2.45, 2.75) is 13.5 Å². The molecule has 0 saturated heterocycles. The van der Waals surface area contributed by atoms with Crippen molar-refractivity contribution in [3.8, 4) is 0 Å². The molecule has 2 nitrogen and oxygen atoms in total. The lowest BCUT2D eigenvalue weighted by Crippen LogP contribution is -2.23. The average Bonchev–Trinajstić information content (AvgIpc) is 2.74. The Morgan fingerprint density at radius 2 is 1.47 bits per heavy atom. The molecule has 0 unspecified atom stereocenters. The van der Waals surface area contributed by atoms with E-state index in [-0.39, 0.29) is 18.2 Å². The van der Waals surface area contributed by atoms with Gasteiger partial charge in [0.1, 0.15) is 0 Å². The first kappa shape index (κ1) is 23.3. The summed E-state index contributed by atoms with van der Waals surface area (Å²) in [7, 11) is 2.01. The van der Waals surface area contributed by atoms with E-state index < -0.39 is 0 Å². The van der Waals surface area contributed by atoms with Gasteiger partial charge in [-0.3, -0.25) is 9.69 Å². The molecular weight excluding hydrogens is 390 g/mol. The molecule has 0 radical (unpaired) electrons. The summed E-state index contributed by atoms with van der Waals surface area (Å²) in [6, 6.07) is 28.2. The van der Waals surface area contributed by atoms with Crippen LogP contribution in [0, 0.1) is 6.92 Å². The Morgan fingerprint density at radius 3 is 2.07 bits per heavy atom. The van der Waals surface area contributed by atoms with Crippen molar-refractivity contribution in [2.24, 2.45) is 0 Å². The van der Waals surface area contributed by atoms with Crippen molar-refractivity contribution >= 4 is 29.8 Å². The van der Waals surface area contributed by atoms with Gasteiger partial charge >= 0.3 is 0 Å². The van der Waals surface area contributed by atoms with E-state index in [4.69, 9.17) is 0 Å². The number of nitrogens with zero attached hydrogens (tertiary/aromatic N) is 1. The minimum Gasteiger partial charge on any atom is -0.298 e. The minimum atomic E-state index is -0.0170. The first-order chi connectivity index (χ1) is 14.0. The predicted octanol–water partition coefficient (Wildman–Crippen LogP) is 6.21. The van der Waals surface area contributed by atoms with Crippen LogP contribution in [-0.4, -0.2) is 24.3 Å². The number of aryl methyl sites for hydroxylation is 1. The molecule has 0 aliphatic heterocycles. The normalized spacial score (nSPS) is 11.1. The fraction of sp³-hybridized carbons (Fsp3) is 0.148. The molecule has 0 heterocycles. The Kier molecular flexibility index (Phi) is 8.79. The summed E-state index contributed by atoms with van der Waals surface area (Å²) in [6.45, 7) is 7.46. The zero-order valence-electron chi connectivity index (χ0n) is 17.5. The molecule has 3 heteroatoms. The van der Waals surface area contributed by atoms with E-state index in [0.717, 1.165) is 17.7 Å². The molecule has 0 aliphatic carbocycles. The van der Waals surface area contributed by atoms with Crippen LogP contribution >= 0.6 is 12.4 Å². The van der Waals surface area contributed by atoms with Crippen LogP contribution in [0.3, 0.4) is 0 Å². The highest BCUT2D eigenvalue weighted by Crippen LogP contribution is 2.23. The molecule has 0 atom stereocenters. The lowest BCUT2D eigenvalue weighted by Gasteiger charge is -2.18. The van der Waals surface area contributed by atoms with E-state index in [1.165, 1.54) is 11.1 Å². The highest BCUT2D eigenvalue weighted by molar-refractivity contribution is 6.32. The van der Waals surface area contributed by atoms with Gasteiger partial charge in [0, 0.05) is 24.2 Å². The van der Waals surface area contributed by atoms with Crippen LogP contribution in [0.5, 0.6) is 0 Å². The number of likely N-dealkylation sites (N-methyl/N-ethyl adjacent to an activating group) is 1. The van der Waals surface area contributed by atoms with Crippen molar-refractivity contribution in [2.75, 3.05) is 13.6 Å². The van der Waals surface area contributed by atoms with Gasteiger partial charge in [-0.1, -0.05) is 97.1 Å². The molecule has 3 aromatic carbocycles. The van der Waals surface area contributed by atoms with Crippen LogP contribution in [0.1, 0.15) is 22.3 Å². The first-order valence-corrected chi connectivity index (χ1v) is 9.81. The van der Waals surface area contributed by atoms with Gasteiger partial charge in [-0.15, -0.1) is 12.4 Å². The van der Waals surface area contributed by atoms with Crippen molar-refractivity contribution < 1.29 is 4.79 Å². The quantitative estimate of drug-likeness (QED) is 0.320. The Morgan fingerprint density at radius 1 is 0.900 bits per heavy atom. The number of halogens is 1. The number of allylic oxidation sites excluding steroid dienone is 1. The predicted molar refractivity (Wildman–Crippen MR) is 130 cm³/mol. The number of benzene rings is 3. The molecule has 0 N–H and O–H groups in total.